The number of aromatic carboxylic acids is 1. The second-order valence-corrected chi connectivity index (χ2v) is 10.2. The van der Waals surface area contributed by atoms with Crippen LogP contribution in [0, 0.1) is 0 Å². The van der Waals surface area contributed by atoms with Gasteiger partial charge in [-0.15, -0.1) is 5.10 Å². The minimum absolute atomic E-state index is 0.00322. The van der Waals surface area contributed by atoms with E-state index < -0.39 is 15.8 Å². The number of carbonyl (C=O) groups is 1. The van der Waals surface area contributed by atoms with E-state index in [1.165, 1.54) is 47.1 Å². The van der Waals surface area contributed by atoms with E-state index in [4.69, 9.17) is 28.3 Å². The minimum Gasteiger partial charge on any atom is -0.478 e. The Morgan fingerprint density at radius 3 is 2.25 bits per heavy atom. The molecule has 162 valence electrons. The number of aromatic nitrogens is 3. The summed E-state index contributed by atoms with van der Waals surface area (Å²) in [7, 11) is -4.21. The van der Waals surface area contributed by atoms with Gasteiger partial charge in [-0.2, -0.15) is 0 Å². The Kier molecular flexibility index (Phi) is 6.09. The molecule has 1 heterocycles. The predicted molar refractivity (Wildman–Crippen MR) is 123 cm³/mol. The number of sulfone groups is 1. The number of rotatable bonds is 5. The fraction of sp³-hybridized carbons (Fsp3) is 0. The molecule has 0 spiro atoms. The van der Waals surface area contributed by atoms with Gasteiger partial charge in [0.2, 0.25) is 14.9 Å². The lowest BCUT2D eigenvalue weighted by molar-refractivity contribution is 0.0697. The van der Waals surface area contributed by atoms with Crippen LogP contribution in [0.3, 0.4) is 0 Å². The number of hydrogen-bond acceptors (Lipinski definition) is 5. The van der Waals surface area contributed by atoms with Crippen LogP contribution in [0.5, 0.6) is 0 Å². The second-order valence-electron chi connectivity index (χ2n) is 6.59. The first-order chi connectivity index (χ1) is 15.2. The molecule has 7 nitrogen and oxygen atoms in total. The van der Waals surface area contributed by atoms with Gasteiger partial charge in [0, 0.05) is 15.1 Å². The lowest BCUT2D eigenvalue weighted by Crippen LogP contribution is -2.07. The van der Waals surface area contributed by atoms with Gasteiger partial charge in [0.25, 0.3) is 0 Å². The molecule has 0 fully saturated rings. The standard InChI is InChI=1S/C21H12BrCl2N3O4S/c22-14-5-1-12(2-6-14)19-20(32(30,31)18-11-15(23)7-10-17(18)24)25-26-27(19)16-8-3-13(4-9-16)21(28)29/h1-11H,(H,28,29). The first kappa shape index (κ1) is 22.5. The van der Waals surface area contributed by atoms with E-state index in [9.17, 15) is 13.2 Å². The summed E-state index contributed by atoms with van der Waals surface area (Å²) in [5.41, 5.74) is 1.23. The normalized spacial score (nSPS) is 11.5. The largest absolute Gasteiger partial charge is 0.478 e. The van der Waals surface area contributed by atoms with E-state index in [1.54, 1.807) is 24.3 Å². The smallest absolute Gasteiger partial charge is 0.335 e. The van der Waals surface area contributed by atoms with Crippen LogP contribution in [0.1, 0.15) is 10.4 Å². The summed E-state index contributed by atoms with van der Waals surface area (Å²) in [6, 6.07) is 16.9. The Balaban J connectivity index is 1.97. The van der Waals surface area contributed by atoms with E-state index >= 15 is 0 Å². The Bertz CT molecular complexity index is 1440. The number of hydrogen-bond donors (Lipinski definition) is 1. The molecule has 0 saturated heterocycles. The lowest BCUT2D eigenvalue weighted by Gasteiger charge is -2.10. The first-order valence-electron chi connectivity index (χ1n) is 8.94. The summed E-state index contributed by atoms with van der Waals surface area (Å²) in [5, 5.41) is 17.1. The molecule has 32 heavy (non-hydrogen) atoms. The molecule has 11 heteroatoms. The van der Waals surface area contributed by atoms with Crippen molar-refractivity contribution in [2.45, 2.75) is 9.92 Å². The van der Waals surface area contributed by atoms with Crippen molar-refractivity contribution in [1.29, 1.82) is 0 Å². The molecule has 1 N–H and O–H groups in total. The molecule has 0 aliphatic heterocycles. The first-order valence-corrected chi connectivity index (χ1v) is 12.0. The van der Waals surface area contributed by atoms with Crippen LogP contribution >= 0.6 is 39.1 Å². The Morgan fingerprint density at radius 2 is 1.62 bits per heavy atom. The van der Waals surface area contributed by atoms with Crippen LogP contribution in [0.2, 0.25) is 10.0 Å². The summed E-state index contributed by atoms with van der Waals surface area (Å²) in [5.74, 6) is -1.08. The van der Waals surface area contributed by atoms with Gasteiger partial charge in [-0.25, -0.2) is 17.9 Å². The van der Waals surface area contributed by atoms with Crippen LogP contribution < -0.4 is 0 Å². The molecular formula is C21H12BrCl2N3O4S. The molecule has 0 aliphatic carbocycles. The molecule has 0 aliphatic rings. The van der Waals surface area contributed by atoms with Crippen molar-refractivity contribution in [3.05, 3.63) is 86.8 Å². The van der Waals surface area contributed by atoms with Crippen LogP contribution in [0.15, 0.2) is 81.1 Å². The third-order valence-corrected chi connectivity index (χ3v) is 7.46. The van der Waals surface area contributed by atoms with Crippen LogP contribution in [-0.2, 0) is 9.84 Å². The highest BCUT2D eigenvalue weighted by Crippen LogP contribution is 2.35. The number of carboxylic acids is 1. The van der Waals surface area contributed by atoms with Crippen molar-refractivity contribution in [2.24, 2.45) is 0 Å². The van der Waals surface area contributed by atoms with Crippen molar-refractivity contribution < 1.29 is 18.3 Å². The van der Waals surface area contributed by atoms with Gasteiger partial charge in [0.1, 0.15) is 5.69 Å². The fourth-order valence-electron chi connectivity index (χ4n) is 3.02. The lowest BCUT2D eigenvalue weighted by atomic mass is 10.1. The average molecular weight is 553 g/mol. The van der Waals surface area contributed by atoms with Gasteiger partial charge in [0.15, 0.2) is 0 Å². The zero-order valence-corrected chi connectivity index (χ0v) is 19.8. The highest BCUT2D eigenvalue weighted by atomic mass is 79.9. The van der Waals surface area contributed by atoms with E-state index in [0.29, 0.717) is 11.3 Å². The van der Waals surface area contributed by atoms with Gasteiger partial charge >= 0.3 is 5.97 Å². The van der Waals surface area contributed by atoms with Crippen molar-refractivity contribution in [1.82, 2.24) is 15.0 Å². The Morgan fingerprint density at radius 1 is 0.969 bits per heavy atom. The van der Waals surface area contributed by atoms with Gasteiger partial charge in [-0.05, 0) is 54.6 Å². The molecule has 4 rings (SSSR count). The molecule has 0 unspecified atom stereocenters. The maximum Gasteiger partial charge on any atom is 0.335 e. The van der Waals surface area contributed by atoms with Gasteiger partial charge < -0.3 is 5.11 Å². The summed E-state index contributed by atoms with van der Waals surface area (Å²) in [6.07, 6.45) is 0. The molecule has 4 aromatic rings. The summed E-state index contributed by atoms with van der Waals surface area (Å²) < 4.78 is 29.2. The van der Waals surface area contributed by atoms with Crippen molar-refractivity contribution in [3.8, 4) is 16.9 Å². The third-order valence-electron chi connectivity index (χ3n) is 4.55. The van der Waals surface area contributed by atoms with Crippen LogP contribution in [0.4, 0.5) is 0 Å². The molecule has 0 radical (unpaired) electrons. The molecule has 3 aromatic carbocycles. The topological polar surface area (TPSA) is 102 Å². The maximum atomic E-state index is 13.5. The number of carboxylic acid groups (broad SMARTS) is 1. The summed E-state index contributed by atoms with van der Waals surface area (Å²) >= 11 is 15.5. The maximum absolute atomic E-state index is 13.5. The van der Waals surface area contributed by atoms with E-state index in [1.807, 2.05) is 0 Å². The third kappa shape index (κ3) is 4.16. The van der Waals surface area contributed by atoms with Gasteiger partial charge in [-0.3, -0.25) is 0 Å². The molecule has 0 atom stereocenters. The molecule has 0 amide bonds. The molecule has 0 bridgehead atoms. The fourth-order valence-corrected chi connectivity index (χ4v) is 5.36. The highest BCUT2D eigenvalue weighted by Gasteiger charge is 2.31. The Labute approximate surface area is 201 Å². The van der Waals surface area contributed by atoms with Crippen LogP contribution in [-0.4, -0.2) is 34.5 Å². The predicted octanol–water partition coefficient (Wildman–Crippen LogP) is 5.53. The SMILES string of the molecule is O=C(O)c1ccc(-n2nnc(S(=O)(=O)c3cc(Cl)ccc3Cl)c2-c2ccc(Br)cc2)cc1. The van der Waals surface area contributed by atoms with Crippen molar-refractivity contribution >= 4 is 54.9 Å². The number of nitrogens with zero attached hydrogens (tertiary/aromatic N) is 3. The van der Waals surface area contributed by atoms with Crippen LogP contribution in [0.25, 0.3) is 16.9 Å². The van der Waals surface area contributed by atoms with E-state index in [2.05, 4.69) is 26.2 Å². The van der Waals surface area contributed by atoms with Gasteiger partial charge in [-0.1, -0.05) is 56.5 Å². The Hall–Kier alpha value is -2.72. The zero-order chi connectivity index (χ0) is 23.0. The van der Waals surface area contributed by atoms with E-state index in [-0.39, 0.29) is 31.2 Å². The minimum atomic E-state index is -4.21. The van der Waals surface area contributed by atoms with E-state index in [0.717, 1.165) is 4.47 Å². The zero-order valence-electron chi connectivity index (χ0n) is 15.9. The summed E-state index contributed by atoms with van der Waals surface area (Å²) in [4.78, 5) is 11.0. The number of halogens is 3. The summed E-state index contributed by atoms with van der Waals surface area (Å²) in [6.45, 7) is 0. The average Bonchev–Trinajstić information content (AvgIpc) is 3.22. The van der Waals surface area contributed by atoms with Crippen molar-refractivity contribution in [3.63, 3.8) is 0 Å². The molecule has 1 aromatic heterocycles. The highest BCUT2D eigenvalue weighted by molar-refractivity contribution is 9.10. The van der Waals surface area contributed by atoms with Gasteiger partial charge in [0.05, 0.1) is 21.2 Å². The monoisotopic (exact) mass is 551 g/mol. The quantitative estimate of drug-likeness (QED) is 0.349. The second kappa shape index (κ2) is 8.67. The molecule has 0 saturated carbocycles. The number of benzene rings is 3. The van der Waals surface area contributed by atoms with Crippen molar-refractivity contribution in [2.75, 3.05) is 0 Å². The molecular weight excluding hydrogens is 541 g/mol.